The van der Waals surface area contributed by atoms with Gasteiger partial charge in [0, 0.05) is 16.3 Å². The van der Waals surface area contributed by atoms with Gasteiger partial charge in [-0.15, -0.1) is 0 Å². The van der Waals surface area contributed by atoms with E-state index in [0.29, 0.717) is 0 Å². The summed E-state index contributed by atoms with van der Waals surface area (Å²) in [5.74, 6) is 1.69. The van der Waals surface area contributed by atoms with E-state index in [9.17, 15) is 4.79 Å². The van der Waals surface area contributed by atoms with Gasteiger partial charge in [0.1, 0.15) is 28.2 Å². The predicted octanol–water partition coefficient (Wildman–Crippen LogP) is 4.51. The molecule has 0 atom stereocenters. The van der Waals surface area contributed by atoms with E-state index in [1.54, 1.807) is 6.08 Å². The normalized spacial score (nSPS) is 16.9. The van der Waals surface area contributed by atoms with Crippen molar-refractivity contribution in [2.75, 3.05) is 0 Å². The first-order chi connectivity index (χ1) is 10.1. The third kappa shape index (κ3) is 1.63. The summed E-state index contributed by atoms with van der Waals surface area (Å²) in [6.07, 6.45) is 4.51. The standard InChI is InChI=1S/C17H15NO3/c1-10-6-12-8-14-13(7-11(2)20-14)15(16(12)21-10)17(18-9-19)4-3-5-17/h6-8H,3-5H2,1-2H3. The maximum absolute atomic E-state index is 10.9. The van der Waals surface area contributed by atoms with Gasteiger partial charge in [0.25, 0.3) is 0 Å². The van der Waals surface area contributed by atoms with E-state index in [1.165, 1.54) is 0 Å². The molecule has 21 heavy (non-hydrogen) atoms. The summed E-state index contributed by atoms with van der Waals surface area (Å²) in [6, 6.07) is 5.99. The molecule has 106 valence electrons. The molecule has 4 nitrogen and oxygen atoms in total. The minimum Gasteiger partial charge on any atom is -0.461 e. The first-order valence-corrected chi connectivity index (χ1v) is 7.16. The maximum atomic E-state index is 10.9. The Bertz CT molecular complexity index is 850. The molecule has 4 rings (SSSR count). The Morgan fingerprint density at radius 3 is 2.57 bits per heavy atom. The van der Waals surface area contributed by atoms with Gasteiger partial charge in [0.15, 0.2) is 0 Å². The van der Waals surface area contributed by atoms with Gasteiger partial charge in [-0.1, -0.05) is 0 Å². The van der Waals surface area contributed by atoms with Crippen LogP contribution in [0.25, 0.3) is 21.9 Å². The van der Waals surface area contributed by atoms with Crippen molar-refractivity contribution < 1.29 is 13.6 Å². The lowest BCUT2D eigenvalue weighted by Crippen LogP contribution is -2.32. The van der Waals surface area contributed by atoms with E-state index >= 15 is 0 Å². The Morgan fingerprint density at radius 2 is 1.90 bits per heavy atom. The second-order valence-electron chi connectivity index (χ2n) is 5.88. The Morgan fingerprint density at radius 1 is 1.14 bits per heavy atom. The molecule has 2 heterocycles. The van der Waals surface area contributed by atoms with Crippen molar-refractivity contribution in [2.24, 2.45) is 4.99 Å². The molecule has 0 radical (unpaired) electrons. The van der Waals surface area contributed by atoms with E-state index in [0.717, 1.165) is 58.3 Å². The van der Waals surface area contributed by atoms with Crippen LogP contribution in [0, 0.1) is 13.8 Å². The molecule has 1 fully saturated rings. The van der Waals surface area contributed by atoms with Crippen LogP contribution in [0.2, 0.25) is 0 Å². The van der Waals surface area contributed by atoms with Crippen LogP contribution >= 0.6 is 0 Å². The van der Waals surface area contributed by atoms with E-state index < -0.39 is 5.54 Å². The van der Waals surface area contributed by atoms with Gasteiger partial charge in [-0.3, -0.25) is 0 Å². The Hall–Kier alpha value is -2.32. The predicted molar refractivity (Wildman–Crippen MR) is 79.1 cm³/mol. The van der Waals surface area contributed by atoms with Crippen LogP contribution in [-0.2, 0) is 10.3 Å². The molecule has 1 aliphatic carbocycles. The highest BCUT2D eigenvalue weighted by Crippen LogP contribution is 2.50. The molecule has 2 aromatic heterocycles. The number of carbonyl (C=O) groups excluding carboxylic acids is 1. The van der Waals surface area contributed by atoms with Gasteiger partial charge >= 0.3 is 0 Å². The van der Waals surface area contributed by atoms with Gasteiger partial charge in [-0.25, -0.2) is 4.79 Å². The molecule has 4 heteroatoms. The van der Waals surface area contributed by atoms with Gasteiger partial charge in [0.05, 0.1) is 0 Å². The van der Waals surface area contributed by atoms with Crippen molar-refractivity contribution in [2.45, 2.75) is 38.6 Å². The van der Waals surface area contributed by atoms with E-state index in [4.69, 9.17) is 8.83 Å². The van der Waals surface area contributed by atoms with E-state index in [-0.39, 0.29) is 0 Å². The number of aliphatic imine (C=N–C) groups is 1. The first-order valence-electron chi connectivity index (χ1n) is 7.16. The minimum atomic E-state index is -0.500. The number of rotatable bonds is 2. The fraction of sp³-hybridized carbons (Fsp3) is 0.353. The van der Waals surface area contributed by atoms with Crippen molar-refractivity contribution in [3.8, 4) is 0 Å². The number of isocyanates is 1. The molecule has 1 aromatic carbocycles. The topological polar surface area (TPSA) is 55.7 Å². The molecule has 0 aliphatic heterocycles. The zero-order valence-corrected chi connectivity index (χ0v) is 12.0. The highest BCUT2D eigenvalue weighted by molar-refractivity contribution is 5.99. The second kappa shape index (κ2) is 4.09. The lowest BCUT2D eigenvalue weighted by Gasteiger charge is -2.37. The van der Waals surface area contributed by atoms with E-state index in [2.05, 4.69) is 4.99 Å². The molecule has 0 saturated heterocycles. The smallest absolute Gasteiger partial charge is 0.235 e. The van der Waals surface area contributed by atoms with Crippen molar-refractivity contribution in [3.63, 3.8) is 0 Å². The van der Waals surface area contributed by atoms with Crippen molar-refractivity contribution in [1.29, 1.82) is 0 Å². The van der Waals surface area contributed by atoms with Crippen LogP contribution in [0.15, 0.2) is 32.0 Å². The SMILES string of the molecule is Cc1cc2c(C3(N=C=O)CCC3)c3oc(C)cc3cc2o1. The van der Waals surface area contributed by atoms with Crippen molar-refractivity contribution in [1.82, 2.24) is 0 Å². The first kappa shape index (κ1) is 12.4. The van der Waals surface area contributed by atoms with Crippen LogP contribution in [0.3, 0.4) is 0 Å². The zero-order valence-electron chi connectivity index (χ0n) is 12.0. The quantitative estimate of drug-likeness (QED) is 0.513. The molecule has 0 bridgehead atoms. The Labute approximate surface area is 121 Å². The summed E-state index contributed by atoms with van der Waals surface area (Å²) in [6.45, 7) is 3.85. The third-order valence-corrected chi connectivity index (χ3v) is 4.46. The zero-order chi connectivity index (χ0) is 14.6. The van der Waals surface area contributed by atoms with Crippen LogP contribution in [0.4, 0.5) is 0 Å². The second-order valence-corrected chi connectivity index (χ2v) is 5.88. The Kier molecular flexibility index (Phi) is 2.42. The molecule has 0 N–H and O–H groups in total. The number of hydrogen-bond donors (Lipinski definition) is 0. The molecule has 0 unspecified atom stereocenters. The van der Waals surface area contributed by atoms with Gasteiger partial charge in [0.2, 0.25) is 6.08 Å². The summed E-state index contributed by atoms with van der Waals surface area (Å²) in [5.41, 5.74) is 2.12. The summed E-state index contributed by atoms with van der Waals surface area (Å²) < 4.78 is 11.7. The monoisotopic (exact) mass is 281 g/mol. The summed E-state index contributed by atoms with van der Waals surface area (Å²) in [5, 5.41) is 1.99. The maximum Gasteiger partial charge on any atom is 0.235 e. The average molecular weight is 281 g/mol. The third-order valence-electron chi connectivity index (χ3n) is 4.46. The summed E-state index contributed by atoms with van der Waals surface area (Å²) >= 11 is 0. The van der Waals surface area contributed by atoms with Gasteiger partial charge < -0.3 is 8.83 Å². The van der Waals surface area contributed by atoms with Crippen LogP contribution in [0.5, 0.6) is 0 Å². The summed E-state index contributed by atoms with van der Waals surface area (Å²) in [7, 11) is 0. The summed E-state index contributed by atoms with van der Waals surface area (Å²) in [4.78, 5) is 15.1. The molecule has 0 spiro atoms. The fourth-order valence-corrected chi connectivity index (χ4v) is 3.41. The van der Waals surface area contributed by atoms with E-state index in [1.807, 2.05) is 32.0 Å². The molecule has 3 aromatic rings. The highest BCUT2D eigenvalue weighted by Gasteiger charge is 2.43. The Balaban J connectivity index is 2.17. The number of furan rings is 2. The molecular formula is C17H15NO3. The van der Waals surface area contributed by atoms with Crippen molar-refractivity contribution in [3.05, 3.63) is 35.3 Å². The number of benzene rings is 1. The molecule has 1 aliphatic rings. The average Bonchev–Trinajstić information content (AvgIpc) is 2.92. The van der Waals surface area contributed by atoms with Crippen LogP contribution in [-0.4, -0.2) is 6.08 Å². The molecule has 1 saturated carbocycles. The van der Waals surface area contributed by atoms with Crippen molar-refractivity contribution >= 4 is 28.0 Å². The number of fused-ring (bicyclic) bond motifs is 2. The lowest BCUT2D eigenvalue weighted by molar-refractivity contribution is 0.258. The minimum absolute atomic E-state index is 0.500. The number of aryl methyl sites for hydroxylation is 2. The van der Waals surface area contributed by atoms with Crippen LogP contribution < -0.4 is 0 Å². The van der Waals surface area contributed by atoms with Gasteiger partial charge in [-0.05, 0) is 51.3 Å². The number of hydrogen-bond acceptors (Lipinski definition) is 4. The highest BCUT2D eigenvalue weighted by atomic mass is 16.3. The lowest BCUT2D eigenvalue weighted by atomic mass is 9.71. The van der Waals surface area contributed by atoms with Gasteiger partial charge in [-0.2, -0.15) is 4.99 Å². The van der Waals surface area contributed by atoms with Crippen LogP contribution in [0.1, 0.15) is 36.3 Å². The molecule has 0 amide bonds. The molecular weight excluding hydrogens is 266 g/mol. The number of nitrogens with zero attached hydrogens (tertiary/aromatic N) is 1. The fourth-order valence-electron chi connectivity index (χ4n) is 3.41. The largest absolute Gasteiger partial charge is 0.461 e.